The lowest BCUT2D eigenvalue weighted by molar-refractivity contribution is -0.151. The molecule has 0 bridgehead atoms. The number of carbonyl (C=O) groups excluding carboxylic acids is 2. The molecule has 0 saturated carbocycles. The van der Waals surface area contributed by atoms with Crippen LogP contribution in [0.1, 0.15) is 226 Å². The van der Waals surface area contributed by atoms with Gasteiger partial charge in [-0.15, -0.1) is 0 Å². The molecule has 0 aromatic carbocycles. The molecule has 0 spiro atoms. The van der Waals surface area contributed by atoms with Crippen molar-refractivity contribution in [3.8, 4) is 0 Å². The molecule has 0 aliphatic heterocycles. The maximum absolute atomic E-state index is 13.2. The summed E-state index contributed by atoms with van der Waals surface area (Å²) in [5.74, 6) is -0.550. The van der Waals surface area contributed by atoms with Gasteiger partial charge in [-0.2, -0.15) is 0 Å². The third-order valence-electron chi connectivity index (χ3n) is 11.5. The van der Waals surface area contributed by atoms with E-state index in [2.05, 4.69) is 99.0 Å². The Morgan fingerprint density at radius 2 is 0.815 bits per heavy atom. The Labute approximate surface area is 400 Å². The molecule has 0 aromatic heterocycles. The standard InChI is InChI=1S/C59H99NO5/c1-4-7-10-13-16-19-22-25-27-29-30-32-34-37-40-43-46-49-52-59(64)65-55(50-47-44-41-38-35-33-31-28-26-23-20-17-14-11-8-5-2)53-58(63)60-56(54-61)57(62)51-48-45-42-39-36-24-21-18-15-12-9-6-3/h11,14,16-17,19-20,22-23,25-33,35,55-57,61-62H,4-10,12-13,15,18,21,24,34,36-54H2,1-3H3,(H,60,63)/b14-11+,19-16+,20-17+,25-22+,26-23+,29-27+,31-28+,32-30+,35-33+. The van der Waals surface area contributed by atoms with E-state index in [1.54, 1.807) is 0 Å². The third-order valence-corrected chi connectivity index (χ3v) is 11.5. The SMILES string of the molecule is CCC/C=C/C=C/C=C/C=C/C=C/CCCCCC(CC(=O)NC(CO)C(O)CCCCCCCCCCCCCC)OC(=O)CCCCCCC/C=C/C=C/C=C/C=C/CCCCC. The Bertz CT molecular complexity index is 1330. The van der Waals surface area contributed by atoms with Gasteiger partial charge in [0.05, 0.1) is 25.2 Å². The molecule has 0 fully saturated rings. The van der Waals surface area contributed by atoms with Crippen molar-refractivity contribution in [2.75, 3.05) is 6.61 Å². The number of unbranched alkanes of at least 4 members (excludes halogenated alkanes) is 23. The Kier molecular flexibility index (Phi) is 48.7. The van der Waals surface area contributed by atoms with Crippen molar-refractivity contribution in [3.05, 3.63) is 109 Å². The predicted octanol–water partition coefficient (Wildman–Crippen LogP) is 16.3. The van der Waals surface area contributed by atoms with Crippen LogP contribution in [-0.4, -0.2) is 46.9 Å². The zero-order valence-electron chi connectivity index (χ0n) is 42.1. The normalized spacial score (nSPS) is 14.1. The first-order valence-corrected chi connectivity index (χ1v) is 26.7. The van der Waals surface area contributed by atoms with E-state index in [9.17, 15) is 19.8 Å². The lowest BCUT2D eigenvalue weighted by atomic mass is 10.0. The summed E-state index contributed by atoms with van der Waals surface area (Å²) in [6.45, 7) is 6.33. The van der Waals surface area contributed by atoms with Gasteiger partial charge in [0.25, 0.3) is 0 Å². The topological polar surface area (TPSA) is 95.9 Å². The lowest BCUT2D eigenvalue weighted by Crippen LogP contribution is -2.46. The fourth-order valence-electron chi connectivity index (χ4n) is 7.47. The molecule has 0 aliphatic rings. The van der Waals surface area contributed by atoms with Crippen LogP contribution in [0.2, 0.25) is 0 Å². The average Bonchev–Trinajstić information content (AvgIpc) is 3.30. The van der Waals surface area contributed by atoms with Crippen LogP contribution < -0.4 is 5.32 Å². The number of allylic oxidation sites excluding steroid dienone is 18. The van der Waals surface area contributed by atoms with Crippen molar-refractivity contribution in [2.24, 2.45) is 0 Å². The van der Waals surface area contributed by atoms with Crippen LogP contribution in [0, 0.1) is 0 Å². The van der Waals surface area contributed by atoms with E-state index in [0.29, 0.717) is 19.3 Å². The summed E-state index contributed by atoms with van der Waals surface area (Å²) in [6, 6.07) is -0.728. The van der Waals surface area contributed by atoms with Crippen LogP contribution in [0.15, 0.2) is 109 Å². The van der Waals surface area contributed by atoms with Gasteiger partial charge in [-0.1, -0.05) is 252 Å². The van der Waals surface area contributed by atoms with Crippen LogP contribution in [0.25, 0.3) is 0 Å². The Balaban J connectivity index is 4.76. The summed E-state index contributed by atoms with van der Waals surface area (Å²) in [4.78, 5) is 26.2. The van der Waals surface area contributed by atoms with Crippen LogP contribution in [0.4, 0.5) is 0 Å². The second-order valence-corrected chi connectivity index (χ2v) is 17.8. The second-order valence-electron chi connectivity index (χ2n) is 17.8. The van der Waals surface area contributed by atoms with Crippen LogP contribution in [0.3, 0.4) is 0 Å². The fourth-order valence-corrected chi connectivity index (χ4v) is 7.47. The molecule has 65 heavy (non-hydrogen) atoms. The summed E-state index contributed by atoms with van der Waals surface area (Å²) in [6.07, 6.45) is 69.9. The number of ether oxygens (including phenoxy) is 1. The molecule has 3 unspecified atom stereocenters. The zero-order chi connectivity index (χ0) is 47.4. The molecule has 6 nitrogen and oxygen atoms in total. The highest BCUT2D eigenvalue weighted by molar-refractivity contribution is 5.77. The van der Waals surface area contributed by atoms with Crippen molar-refractivity contribution in [1.29, 1.82) is 0 Å². The van der Waals surface area contributed by atoms with E-state index in [4.69, 9.17) is 4.74 Å². The number of aliphatic hydroxyl groups is 2. The van der Waals surface area contributed by atoms with Crippen LogP contribution in [0.5, 0.6) is 0 Å². The molecule has 0 heterocycles. The van der Waals surface area contributed by atoms with Crippen molar-refractivity contribution >= 4 is 11.9 Å². The van der Waals surface area contributed by atoms with Gasteiger partial charge in [0.15, 0.2) is 0 Å². The van der Waals surface area contributed by atoms with Crippen LogP contribution >= 0.6 is 0 Å². The number of amides is 1. The molecule has 0 saturated heterocycles. The summed E-state index contributed by atoms with van der Waals surface area (Å²) < 4.78 is 5.92. The van der Waals surface area contributed by atoms with E-state index in [0.717, 1.165) is 103 Å². The molecular weight excluding hydrogens is 803 g/mol. The lowest BCUT2D eigenvalue weighted by Gasteiger charge is -2.24. The van der Waals surface area contributed by atoms with E-state index >= 15 is 0 Å². The third kappa shape index (κ3) is 46.8. The van der Waals surface area contributed by atoms with E-state index in [1.165, 1.54) is 77.0 Å². The Morgan fingerprint density at radius 3 is 1.29 bits per heavy atom. The van der Waals surface area contributed by atoms with Gasteiger partial charge >= 0.3 is 5.97 Å². The Morgan fingerprint density at radius 1 is 0.446 bits per heavy atom. The maximum atomic E-state index is 13.2. The molecule has 1 amide bonds. The number of nitrogens with one attached hydrogen (secondary N) is 1. The van der Waals surface area contributed by atoms with Gasteiger partial charge in [0.2, 0.25) is 5.91 Å². The smallest absolute Gasteiger partial charge is 0.306 e. The van der Waals surface area contributed by atoms with Crippen molar-refractivity contribution < 1.29 is 24.5 Å². The highest BCUT2D eigenvalue weighted by atomic mass is 16.5. The summed E-state index contributed by atoms with van der Waals surface area (Å²) in [5, 5.41) is 23.8. The van der Waals surface area contributed by atoms with Gasteiger partial charge < -0.3 is 20.3 Å². The van der Waals surface area contributed by atoms with Crippen molar-refractivity contribution in [3.63, 3.8) is 0 Å². The van der Waals surface area contributed by atoms with Gasteiger partial charge in [-0.25, -0.2) is 0 Å². The van der Waals surface area contributed by atoms with E-state index in [1.807, 2.05) is 36.5 Å². The second kappa shape index (κ2) is 51.5. The molecule has 3 N–H and O–H groups in total. The summed E-state index contributed by atoms with van der Waals surface area (Å²) >= 11 is 0. The highest BCUT2D eigenvalue weighted by Gasteiger charge is 2.24. The zero-order valence-corrected chi connectivity index (χ0v) is 42.1. The molecule has 6 heteroatoms. The summed E-state index contributed by atoms with van der Waals surface area (Å²) in [7, 11) is 0. The van der Waals surface area contributed by atoms with Gasteiger partial charge in [-0.3, -0.25) is 9.59 Å². The number of carbonyl (C=O) groups is 2. The van der Waals surface area contributed by atoms with Crippen LogP contribution in [-0.2, 0) is 14.3 Å². The largest absolute Gasteiger partial charge is 0.462 e. The number of hydrogen-bond acceptors (Lipinski definition) is 5. The van der Waals surface area contributed by atoms with E-state index in [-0.39, 0.29) is 24.9 Å². The Hall–Kier alpha value is -3.48. The first-order chi connectivity index (χ1) is 32.0. The van der Waals surface area contributed by atoms with E-state index < -0.39 is 18.2 Å². The minimum absolute atomic E-state index is 0.0329. The van der Waals surface area contributed by atoms with Gasteiger partial charge in [-0.05, 0) is 70.6 Å². The maximum Gasteiger partial charge on any atom is 0.306 e. The van der Waals surface area contributed by atoms with Gasteiger partial charge in [0, 0.05) is 6.42 Å². The predicted molar refractivity (Wildman–Crippen MR) is 282 cm³/mol. The summed E-state index contributed by atoms with van der Waals surface area (Å²) in [5.41, 5.74) is 0. The first kappa shape index (κ1) is 61.5. The fraction of sp³-hybridized carbons (Fsp3) is 0.661. The van der Waals surface area contributed by atoms with Crippen molar-refractivity contribution in [1.82, 2.24) is 5.32 Å². The van der Waals surface area contributed by atoms with Crippen molar-refractivity contribution in [2.45, 2.75) is 244 Å². The van der Waals surface area contributed by atoms with Gasteiger partial charge in [0.1, 0.15) is 6.10 Å². The first-order valence-electron chi connectivity index (χ1n) is 26.7. The minimum Gasteiger partial charge on any atom is -0.462 e. The number of rotatable bonds is 46. The number of hydrogen-bond donors (Lipinski definition) is 3. The molecule has 370 valence electrons. The molecule has 0 aliphatic carbocycles. The number of esters is 1. The highest BCUT2D eigenvalue weighted by Crippen LogP contribution is 2.17. The molecular formula is C59H99NO5. The molecule has 0 aromatic rings. The minimum atomic E-state index is -0.811. The monoisotopic (exact) mass is 902 g/mol. The molecule has 0 rings (SSSR count). The molecule has 3 atom stereocenters. The average molecular weight is 902 g/mol. The number of aliphatic hydroxyl groups excluding tert-OH is 2. The quantitative estimate of drug-likeness (QED) is 0.0321. The molecule has 0 radical (unpaired) electrons.